The van der Waals surface area contributed by atoms with E-state index < -0.39 is 10.0 Å². The summed E-state index contributed by atoms with van der Waals surface area (Å²) in [6, 6.07) is 13.1. The van der Waals surface area contributed by atoms with Crippen molar-refractivity contribution < 1.29 is 13.2 Å². The van der Waals surface area contributed by atoms with Crippen LogP contribution in [0, 0.1) is 12.8 Å². The van der Waals surface area contributed by atoms with Crippen LogP contribution in [0.2, 0.25) is 0 Å². The Hall–Kier alpha value is -2.34. The summed E-state index contributed by atoms with van der Waals surface area (Å²) in [5.74, 6) is 0.00709. The largest absolute Gasteiger partial charge is 0.349 e. The first kappa shape index (κ1) is 19.0. The fraction of sp³-hybridized carbons (Fsp3) is 0.316. The first-order chi connectivity index (χ1) is 11.7. The molecule has 2 aromatic carbocycles. The molecule has 0 aliphatic heterocycles. The molecule has 0 aliphatic carbocycles. The molecular weight excluding hydrogens is 336 g/mol. The molecular formula is C19H24N2O3S. The van der Waals surface area contributed by atoms with Crippen LogP contribution in [-0.2, 0) is 10.0 Å². The molecule has 134 valence electrons. The lowest BCUT2D eigenvalue weighted by Crippen LogP contribution is -2.36. The summed E-state index contributed by atoms with van der Waals surface area (Å²) in [6.07, 6.45) is 0. The molecule has 6 heteroatoms. The first-order valence-electron chi connectivity index (χ1n) is 8.19. The molecule has 1 atom stereocenters. The maximum absolute atomic E-state index is 12.6. The van der Waals surface area contributed by atoms with Gasteiger partial charge in [-0.05, 0) is 55.7 Å². The Labute approximate surface area is 149 Å². The van der Waals surface area contributed by atoms with Gasteiger partial charge in [0.2, 0.25) is 0 Å². The monoisotopic (exact) mass is 360 g/mol. The highest BCUT2D eigenvalue weighted by molar-refractivity contribution is 7.92. The number of aryl methyl sites for hydroxylation is 1. The fourth-order valence-electron chi connectivity index (χ4n) is 2.18. The summed E-state index contributed by atoms with van der Waals surface area (Å²) >= 11 is 0. The lowest BCUT2D eigenvalue weighted by atomic mass is 10.1. The average Bonchev–Trinajstić information content (AvgIpc) is 2.54. The Balaban J connectivity index is 2.23. The molecule has 0 aromatic heterocycles. The lowest BCUT2D eigenvalue weighted by molar-refractivity contribution is 0.0930. The zero-order valence-corrected chi connectivity index (χ0v) is 15.7. The van der Waals surface area contributed by atoms with Crippen molar-refractivity contribution in [1.29, 1.82) is 0 Å². The van der Waals surface area contributed by atoms with Gasteiger partial charge in [-0.2, -0.15) is 0 Å². The molecule has 2 aromatic rings. The van der Waals surface area contributed by atoms with E-state index in [0.717, 1.165) is 5.56 Å². The van der Waals surface area contributed by atoms with E-state index >= 15 is 0 Å². The molecule has 2 N–H and O–H groups in total. The van der Waals surface area contributed by atoms with Crippen LogP contribution in [0.25, 0.3) is 0 Å². The van der Waals surface area contributed by atoms with E-state index in [1.54, 1.807) is 30.3 Å². The molecule has 2 rings (SSSR count). The van der Waals surface area contributed by atoms with Crippen molar-refractivity contribution in [2.45, 2.75) is 38.6 Å². The van der Waals surface area contributed by atoms with Crippen LogP contribution in [-0.4, -0.2) is 20.4 Å². The highest BCUT2D eigenvalue weighted by Crippen LogP contribution is 2.18. The van der Waals surface area contributed by atoms with Gasteiger partial charge in [-0.15, -0.1) is 0 Å². The standard InChI is InChI=1S/C19H24N2O3S/c1-13(2)15(4)20-19(22)16-8-6-10-18(12-16)25(23,24)21-17-9-5-7-14(3)11-17/h5-13,15,21H,1-4H3,(H,20,22). The van der Waals surface area contributed by atoms with Gasteiger partial charge in [0.25, 0.3) is 15.9 Å². The zero-order valence-electron chi connectivity index (χ0n) is 14.9. The first-order valence-corrected chi connectivity index (χ1v) is 9.68. The summed E-state index contributed by atoms with van der Waals surface area (Å²) in [7, 11) is -3.76. The maximum Gasteiger partial charge on any atom is 0.261 e. The number of amides is 1. The third-order valence-corrected chi connectivity index (χ3v) is 5.41. The second-order valence-corrected chi connectivity index (χ2v) is 8.19. The summed E-state index contributed by atoms with van der Waals surface area (Å²) in [5, 5.41) is 2.88. The quantitative estimate of drug-likeness (QED) is 0.827. The van der Waals surface area contributed by atoms with E-state index in [2.05, 4.69) is 10.0 Å². The number of sulfonamides is 1. The highest BCUT2D eigenvalue weighted by Gasteiger charge is 2.18. The van der Waals surface area contributed by atoms with Gasteiger partial charge in [-0.1, -0.05) is 32.0 Å². The smallest absolute Gasteiger partial charge is 0.261 e. The molecule has 1 unspecified atom stereocenters. The van der Waals surface area contributed by atoms with Crippen LogP contribution in [0.4, 0.5) is 5.69 Å². The van der Waals surface area contributed by atoms with Crippen molar-refractivity contribution >= 4 is 21.6 Å². The predicted molar refractivity (Wildman–Crippen MR) is 100 cm³/mol. The van der Waals surface area contributed by atoms with Crippen LogP contribution >= 0.6 is 0 Å². The summed E-state index contributed by atoms with van der Waals surface area (Å²) in [5.41, 5.74) is 1.76. The number of benzene rings is 2. The normalized spacial score (nSPS) is 12.7. The number of hydrogen-bond donors (Lipinski definition) is 2. The van der Waals surface area contributed by atoms with Crippen LogP contribution in [0.3, 0.4) is 0 Å². The van der Waals surface area contributed by atoms with Crippen LogP contribution in [0.1, 0.15) is 36.7 Å². The van der Waals surface area contributed by atoms with E-state index in [9.17, 15) is 13.2 Å². The number of anilines is 1. The van der Waals surface area contributed by atoms with Gasteiger partial charge in [0, 0.05) is 17.3 Å². The van der Waals surface area contributed by atoms with Crippen LogP contribution in [0.15, 0.2) is 53.4 Å². The van der Waals surface area contributed by atoms with Crippen molar-refractivity contribution in [2.75, 3.05) is 4.72 Å². The molecule has 0 heterocycles. The number of hydrogen-bond acceptors (Lipinski definition) is 3. The van der Waals surface area contributed by atoms with Crippen molar-refractivity contribution in [2.24, 2.45) is 5.92 Å². The third kappa shape index (κ3) is 5.06. The number of carbonyl (C=O) groups excluding carboxylic acids is 1. The van der Waals surface area contributed by atoms with Gasteiger partial charge < -0.3 is 5.32 Å². The molecule has 0 bridgehead atoms. The van der Waals surface area contributed by atoms with E-state index in [-0.39, 0.29) is 16.8 Å². The number of nitrogens with one attached hydrogen (secondary N) is 2. The van der Waals surface area contributed by atoms with Gasteiger partial charge in [-0.25, -0.2) is 8.42 Å². The van der Waals surface area contributed by atoms with Crippen molar-refractivity contribution in [1.82, 2.24) is 5.32 Å². The van der Waals surface area contributed by atoms with Gasteiger partial charge >= 0.3 is 0 Å². The Kier molecular flexibility index (Phi) is 5.85. The molecule has 5 nitrogen and oxygen atoms in total. The predicted octanol–water partition coefficient (Wildman–Crippen LogP) is 3.57. The minimum atomic E-state index is -3.76. The molecule has 0 saturated carbocycles. The lowest BCUT2D eigenvalue weighted by Gasteiger charge is -2.17. The van der Waals surface area contributed by atoms with Gasteiger partial charge in [0.05, 0.1) is 4.90 Å². The molecule has 0 spiro atoms. The minimum absolute atomic E-state index is 0.00168. The van der Waals surface area contributed by atoms with Crippen LogP contribution in [0.5, 0.6) is 0 Å². The highest BCUT2D eigenvalue weighted by atomic mass is 32.2. The Morgan fingerprint density at radius 3 is 2.32 bits per heavy atom. The Morgan fingerprint density at radius 1 is 1.00 bits per heavy atom. The van der Waals surface area contributed by atoms with Crippen molar-refractivity contribution in [3.63, 3.8) is 0 Å². The summed E-state index contributed by atoms with van der Waals surface area (Å²) in [6.45, 7) is 7.83. The summed E-state index contributed by atoms with van der Waals surface area (Å²) < 4.78 is 27.7. The van der Waals surface area contributed by atoms with Crippen LogP contribution < -0.4 is 10.0 Å². The van der Waals surface area contributed by atoms with E-state index in [4.69, 9.17) is 0 Å². The molecule has 0 aliphatic rings. The zero-order chi connectivity index (χ0) is 18.6. The van der Waals surface area contributed by atoms with E-state index in [0.29, 0.717) is 17.2 Å². The molecule has 1 amide bonds. The van der Waals surface area contributed by atoms with E-state index in [1.165, 1.54) is 12.1 Å². The van der Waals surface area contributed by atoms with Gasteiger partial charge in [0.15, 0.2) is 0 Å². The topological polar surface area (TPSA) is 75.3 Å². The molecule has 0 radical (unpaired) electrons. The van der Waals surface area contributed by atoms with Gasteiger partial charge in [-0.3, -0.25) is 9.52 Å². The van der Waals surface area contributed by atoms with Crippen molar-refractivity contribution in [3.05, 3.63) is 59.7 Å². The minimum Gasteiger partial charge on any atom is -0.349 e. The average molecular weight is 360 g/mol. The second kappa shape index (κ2) is 7.70. The Morgan fingerprint density at radius 2 is 1.68 bits per heavy atom. The summed E-state index contributed by atoms with van der Waals surface area (Å²) in [4.78, 5) is 12.4. The fourth-order valence-corrected chi connectivity index (χ4v) is 3.28. The van der Waals surface area contributed by atoms with Crippen molar-refractivity contribution in [3.8, 4) is 0 Å². The molecule has 0 saturated heterocycles. The number of carbonyl (C=O) groups is 1. The Bertz CT molecular complexity index is 860. The maximum atomic E-state index is 12.6. The number of rotatable bonds is 6. The molecule has 0 fully saturated rings. The van der Waals surface area contributed by atoms with E-state index in [1.807, 2.05) is 33.8 Å². The third-order valence-electron chi connectivity index (χ3n) is 4.04. The SMILES string of the molecule is Cc1cccc(NS(=O)(=O)c2cccc(C(=O)NC(C)C(C)C)c2)c1. The molecule has 25 heavy (non-hydrogen) atoms. The van der Waals surface area contributed by atoms with Gasteiger partial charge in [0.1, 0.15) is 0 Å². The second-order valence-electron chi connectivity index (χ2n) is 6.51.